The first-order valence-electron chi connectivity index (χ1n) is 6.11. The van der Waals surface area contributed by atoms with Crippen LogP contribution in [0.2, 0.25) is 0 Å². The number of H-pyrrole nitrogens is 1. The summed E-state index contributed by atoms with van der Waals surface area (Å²) in [5, 5.41) is 3.38. The zero-order chi connectivity index (χ0) is 12.2. The van der Waals surface area contributed by atoms with Crippen LogP contribution in [0.15, 0.2) is 6.07 Å². The van der Waals surface area contributed by atoms with Crippen molar-refractivity contribution in [2.75, 3.05) is 0 Å². The van der Waals surface area contributed by atoms with Crippen LogP contribution in [0.5, 0.6) is 0 Å². The van der Waals surface area contributed by atoms with Gasteiger partial charge in [-0.1, -0.05) is 33.0 Å². The lowest BCUT2D eigenvalue weighted by Gasteiger charge is -2.14. The molecule has 2 aromatic heterocycles. The number of nitrogens with one attached hydrogen (secondary N) is 1. The standard InChI is InChI=1S/C13H17N3S/c1-13(2,3)10-7-11-14-9-6-4-5-8(9)12(17)16(11)15-10/h7,15H,4-6H2,1-3H3. The zero-order valence-electron chi connectivity index (χ0n) is 10.5. The van der Waals surface area contributed by atoms with Gasteiger partial charge in [-0.3, -0.25) is 5.10 Å². The van der Waals surface area contributed by atoms with E-state index in [1.165, 1.54) is 23.4 Å². The molecule has 2 heterocycles. The largest absolute Gasteiger partial charge is 0.295 e. The molecule has 90 valence electrons. The lowest BCUT2D eigenvalue weighted by atomic mass is 9.93. The molecule has 0 aromatic carbocycles. The number of aryl methyl sites for hydroxylation is 1. The number of hydrogen-bond donors (Lipinski definition) is 1. The summed E-state index contributed by atoms with van der Waals surface area (Å²) in [7, 11) is 0. The zero-order valence-corrected chi connectivity index (χ0v) is 11.3. The average Bonchev–Trinajstić information content (AvgIpc) is 2.82. The average molecular weight is 247 g/mol. The topological polar surface area (TPSA) is 33.1 Å². The molecule has 0 spiro atoms. The van der Waals surface area contributed by atoms with Crippen LogP contribution in [-0.4, -0.2) is 14.6 Å². The van der Waals surface area contributed by atoms with Gasteiger partial charge in [0.05, 0.1) is 0 Å². The van der Waals surface area contributed by atoms with E-state index in [0.29, 0.717) is 0 Å². The minimum absolute atomic E-state index is 0.0971. The normalized spacial score (nSPS) is 15.5. The monoisotopic (exact) mass is 247 g/mol. The Morgan fingerprint density at radius 3 is 2.82 bits per heavy atom. The van der Waals surface area contributed by atoms with Crippen molar-refractivity contribution >= 4 is 17.9 Å². The molecule has 0 bridgehead atoms. The van der Waals surface area contributed by atoms with Gasteiger partial charge in [-0.2, -0.15) is 0 Å². The quantitative estimate of drug-likeness (QED) is 0.725. The first-order valence-corrected chi connectivity index (χ1v) is 6.51. The second kappa shape index (κ2) is 3.42. The van der Waals surface area contributed by atoms with Gasteiger partial charge >= 0.3 is 0 Å². The molecule has 17 heavy (non-hydrogen) atoms. The van der Waals surface area contributed by atoms with Gasteiger partial charge in [-0.05, 0) is 19.3 Å². The number of aromatic amines is 1. The Bertz CT molecular complexity index is 643. The molecule has 0 aliphatic heterocycles. The van der Waals surface area contributed by atoms with Gasteiger partial charge in [0.25, 0.3) is 0 Å². The molecule has 0 unspecified atom stereocenters. The molecule has 0 saturated carbocycles. The third kappa shape index (κ3) is 1.62. The summed E-state index contributed by atoms with van der Waals surface area (Å²) in [4.78, 5) is 4.72. The lowest BCUT2D eigenvalue weighted by Crippen LogP contribution is -2.12. The van der Waals surface area contributed by atoms with Gasteiger partial charge in [-0.25, -0.2) is 9.50 Å². The maximum Gasteiger partial charge on any atom is 0.154 e. The molecular weight excluding hydrogens is 230 g/mol. The van der Waals surface area contributed by atoms with Crippen LogP contribution in [0.1, 0.15) is 44.1 Å². The van der Waals surface area contributed by atoms with Crippen LogP contribution < -0.4 is 0 Å². The van der Waals surface area contributed by atoms with Gasteiger partial charge in [0.1, 0.15) is 4.64 Å². The van der Waals surface area contributed by atoms with E-state index in [0.717, 1.165) is 23.1 Å². The SMILES string of the molecule is CC(C)(C)c1cc2nc3c(c(=S)n2[nH]1)CCC3. The molecule has 0 amide bonds. The maximum atomic E-state index is 5.55. The highest BCUT2D eigenvalue weighted by atomic mass is 32.1. The number of nitrogens with zero attached hydrogens (tertiary/aromatic N) is 2. The van der Waals surface area contributed by atoms with Crippen molar-refractivity contribution in [2.45, 2.75) is 45.4 Å². The Morgan fingerprint density at radius 2 is 2.12 bits per heavy atom. The van der Waals surface area contributed by atoms with Crippen LogP contribution in [0.3, 0.4) is 0 Å². The second-order valence-electron chi connectivity index (χ2n) is 5.81. The summed E-state index contributed by atoms with van der Waals surface area (Å²) < 4.78 is 2.87. The van der Waals surface area contributed by atoms with E-state index in [1.807, 2.05) is 4.52 Å². The van der Waals surface area contributed by atoms with Crippen LogP contribution in [-0.2, 0) is 18.3 Å². The molecule has 2 aromatic rings. The van der Waals surface area contributed by atoms with E-state index in [4.69, 9.17) is 17.2 Å². The summed E-state index contributed by atoms with van der Waals surface area (Å²) in [6.45, 7) is 6.57. The molecule has 0 fully saturated rings. The summed E-state index contributed by atoms with van der Waals surface area (Å²) in [5.74, 6) is 0. The summed E-state index contributed by atoms with van der Waals surface area (Å²) in [6, 6.07) is 2.12. The molecule has 1 aliphatic carbocycles. The Hall–Kier alpha value is -1.16. The van der Waals surface area contributed by atoms with Crippen LogP contribution in [0.4, 0.5) is 0 Å². The molecule has 1 N–H and O–H groups in total. The van der Waals surface area contributed by atoms with Crippen molar-refractivity contribution in [1.82, 2.24) is 14.6 Å². The van der Waals surface area contributed by atoms with E-state index in [-0.39, 0.29) is 5.41 Å². The number of rotatable bonds is 0. The highest BCUT2D eigenvalue weighted by Gasteiger charge is 2.20. The minimum atomic E-state index is 0.0971. The smallest absolute Gasteiger partial charge is 0.154 e. The molecular formula is C13H17N3S. The molecule has 0 radical (unpaired) electrons. The Kier molecular flexibility index (Phi) is 2.20. The van der Waals surface area contributed by atoms with Crippen molar-refractivity contribution in [3.63, 3.8) is 0 Å². The lowest BCUT2D eigenvalue weighted by molar-refractivity contribution is 0.562. The van der Waals surface area contributed by atoms with Gasteiger partial charge in [0.2, 0.25) is 0 Å². The predicted octanol–water partition coefficient (Wildman–Crippen LogP) is 3.18. The van der Waals surface area contributed by atoms with Crippen molar-refractivity contribution in [3.05, 3.63) is 27.7 Å². The van der Waals surface area contributed by atoms with Crippen molar-refractivity contribution in [3.8, 4) is 0 Å². The van der Waals surface area contributed by atoms with Crippen LogP contribution in [0, 0.1) is 4.64 Å². The van der Waals surface area contributed by atoms with Crippen molar-refractivity contribution < 1.29 is 0 Å². The fraction of sp³-hybridized carbons (Fsp3) is 0.538. The van der Waals surface area contributed by atoms with E-state index >= 15 is 0 Å². The number of fused-ring (bicyclic) bond motifs is 2. The maximum absolute atomic E-state index is 5.55. The van der Waals surface area contributed by atoms with Crippen molar-refractivity contribution in [2.24, 2.45) is 0 Å². The van der Waals surface area contributed by atoms with E-state index < -0.39 is 0 Å². The molecule has 3 nitrogen and oxygen atoms in total. The molecule has 0 saturated heterocycles. The number of aromatic nitrogens is 3. The Balaban J connectivity index is 2.32. The molecule has 4 heteroatoms. The van der Waals surface area contributed by atoms with Gasteiger partial charge < -0.3 is 0 Å². The first kappa shape index (κ1) is 11.0. The minimum Gasteiger partial charge on any atom is -0.295 e. The first-order chi connectivity index (χ1) is 7.97. The third-order valence-corrected chi connectivity index (χ3v) is 3.87. The fourth-order valence-corrected chi connectivity index (χ4v) is 2.74. The molecule has 3 rings (SSSR count). The van der Waals surface area contributed by atoms with Crippen molar-refractivity contribution in [1.29, 1.82) is 0 Å². The van der Waals surface area contributed by atoms with Crippen LogP contribution >= 0.6 is 12.2 Å². The molecule has 1 aliphatic rings. The summed E-state index contributed by atoms with van der Waals surface area (Å²) in [6.07, 6.45) is 3.34. The summed E-state index contributed by atoms with van der Waals surface area (Å²) in [5.41, 5.74) is 4.70. The van der Waals surface area contributed by atoms with Gasteiger partial charge in [0.15, 0.2) is 5.65 Å². The van der Waals surface area contributed by atoms with E-state index in [9.17, 15) is 0 Å². The highest BCUT2D eigenvalue weighted by molar-refractivity contribution is 7.71. The van der Waals surface area contributed by atoms with Gasteiger partial charge in [0, 0.05) is 28.4 Å². The Morgan fingerprint density at radius 1 is 1.35 bits per heavy atom. The predicted molar refractivity (Wildman–Crippen MR) is 71.1 cm³/mol. The summed E-state index contributed by atoms with van der Waals surface area (Å²) >= 11 is 5.55. The number of hydrogen-bond acceptors (Lipinski definition) is 2. The highest BCUT2D eigenvalue weighted by Crippen LogP contribution is 2.25. The van der Waals surface area contributed by atoms with E-state index in [2.05, 4.69) is 31.9 Å². The third-order valence-electron chi connectivity index (χ3n) is 3.44. The molecule has 0 atom stereocenters. The van der Waals surface area contributed by atoms with Gasteiger partial charge in [-0.15, -0.1) is 0 Å². The van der Waals surface area contributed by atoms with E-state index in [1.54, 1.807) is 0 Å². The second-order valence-corrected chi connectivity index (χ2v) is 6.20. The van der Waals surface area contributed by atoms with Crippen LogP contribution in [0.25, 0.3) is 5.65 Å². The Labute approximate surface area is 106 Å². The fourth-order valence-electron chi connectivity index (χ4n) is 2.38.